The van der Waals surface area contributed by atoms with E-state index in [1.54, 1.807) is 19.2 Å². The van der Waals surface area contributed by atoms with E-state index in [-0.39, 0.29) is 35.8 Å². The number of nitrogens with one attached hydrogen (secondary N) is 2. The zero-order chi connectivity index (χ0) is 21.2. The van der Waals surface area contributed by atoms with E-state index in [9.17, 15) is 8.78 Å². The normalized spacial score (nSPS) is 21.3. The van der Waals surface area contributed by atoms with Gasteiger partial charge >= 0.3 is 6.61 Å². The van der Waals surface area contributed by atoms with Gasteiger partial charge in [-0.1, -0.05) is 12.1 Å². The molecule has 2 unspecified atom stereocenters. The largest absolute Gasteiger partial charge is 0.433 e. The number of halogens is 3. The van der Waals surface area contributed by atoms with Crippen molar-refractivity contribution in [1.29, 1.82) is 0 Å². The molecule has 0 bridgehead atoms. The number of alkyl halides is 2. The van der Waals surface area contributed by atoms with E-state index in [0.29, 0.717) is 24.8 Å². The van der Waals surface area contributed by atoms with Crippen LogP contribution < -0.4 is 20.3 Å². The molecule has 10 heteroatoms. The molecule has 0 aromatic heterocycles. The molecule has 0 spiro atoms. The first-order valence-corrected chi connectivity index (χ1v) is 10.6. The number of rotatable bonds is 10. The minimum absolute atomic E-state index is 0. The average molecular weight is 554 g/mol. The van der Waals surface area contributed by atoms with Crippen LogP contribution in [-0.2, 0) is 9.47 Å². The van der Waals surface area contributed by atoms with Crippen LogP contribution in [0.15, 0.2) is 29.3 Å². The van der Waals surface area contributed by atoms with E-state index in [0.717, 1.165) is 58.1 Å². The van der Waals surface area contributed by atoms with Crippen molar-refractivity contribution in [2.75, 3.05) is 58.0 Å². The van der Waals surface area contributed by atoms with Crippen LogP contribution in [0.5, 0.6) is 5.75 Å². The van der Waals surface area contributed by atoms with Gasteiger partial charge in [0.25, 0.3) is 0 Å². The predicted molar refractivity (Wildman–Crippen MR) is 128 cm³/mol. The van der Waals surface area contributed by atoms with Crippen molar-refractivity contribution in [2.24, 2.45) is 10.9 Å². The second-order valence-corrected chi connectivity index (χ2v) is 7.58. The molecular weight excluding hydrogens is 521 g/mol. The molecule has 0 saturated carbocycles. The molecule has 1 aromatic rings. The fourth-order valence-electron chi connectivity index (χ4n) is 3.74. The molecule has 2 heterocycles. The molecule has 1 aromatic carbocycles. The van der Waals surface area contributed by atoms with Crippen LogP contribution in [0.4, 0.5) is 14.5 Å². The van der Waals surface area contributed by atoms with Gasteiger partial charge in [-0.3, -0.25) is 4.99 Å². The highest BCUT2D eigenvalue weighted by atomic mass is 127. The Morgan fingerprint density at radius 3 is 2.90 bits per heavy atom. The van der Waals surface area contributed by atoms with Gasteiger partial charge in [0.15, 0.2) is 5.96 Å². The molecule has 3 rings (SSSR count). The molecule has 0 aliphatic carbocycles. The fraction of sp³-hybridized carbons (Fsp3) is 0.667. The molecular formula is C21H33F2IN4O3. The van der Waals surface area contributed by atoms with Crippen molar-refractivity contribution >= 4 is 35.6 Å². The maximum absolute atomic E-state index is 12.7. The van der Waals surface area contributed by atoms with Gasteiger partial charge < -0.3 is 29.7 Å². The average Bonchev–Trinajstić information content (AvgIpc) is 3.42. The topological polar surface area (TPSA) is 67.4 Å². The Hall–Kier alpha value is -1.40. The van der Waals surface area contributed by atoms with Gasteiger partial charge in [-0.05, 0) is 31.4 Å². The lowest BCUT2D eigenvalue weighted by molar-refractivity contribution is -0.0495. The lowest BCUT2D eigenvalue weighted by atomic mass is 10.1. The quantitative estimate of drug-likeness (QED) is 0.201. The van der Waals surface area contributed by atoms with Gasteiger partial charge in [-0.15, -0.1) is 24.0 Å². The Morgan fingerprint density at radius 2 is 2.16 bits per heavy atom. The molecule has 2 atom stereocenters. The van der Waals surface area contributed by atoms with Crippen LogP contribution in [0, 0.1) is 5.92 Å². The monoisotopic (exact) mass is 554 g/mol. The van der Waals surface area contributed by atoms with Crippen molar-refractivity contribution in [1.82, 2.24) is 10.6 Å². The van der Waals surface area contributed by atoms with Gasteiger partial charge in [0.2, 0.25) is 0 Å². The molecule has 2 aliphatic rings. The fourth-order valence-corrected chi connectivity index (χ4v) is 3.74. The SMILES string of the molecule is CN=C(NCCCOCC1CCOC1)NC1CCN(c2ccccc2OC(F)F)C1.I. The van der Waals surface area contributed by atoms with E-state index in [1.165, 1.54) is 0 Å². The Bertz CT molecular complexity index is 678. The number of benzene rings is 1. The van der Waals surface area contributed by atoms with E-state index < -0.39 is 6.61 Å². The first-order valence-electron chi connectivity index (χ1n) is 10.6. The van der Waals surface area contributed by atoms with Crippen LogP contribution in [0.2, 0.25) is 0 Å². The molecule has 7 nitrogen and oxygen atoms in total. The van der Waals surface area contributed by atoms with E-state index in [1.807, 2.05) is 12.1 Å². The maximum atomic E-state index is 12.7. The Labute approximate surface area is 199 Å². The molecule has 2 aliphatic heterocycles. The van der Waals surface area contributed by atoms with Gasteiger partial charge in [0.1, 0.15) is 5.75 Å². The number of guanidine groups is 1. The standard InChI is InChI=1S/C21H32F2N4O3.HI/c1-24-21(25-9-4-11-28-14-16-8-12-29-15-16)26-17-7-10-27(13-17)18-5-2-3-6-19(18)30-20(22)23;/h2-3,5-6,16-17,20H,4,7-15H2,1H3,(H2,24,25,26);1H. The molecule has 0 radical (unpaired) electrons. The summed E-state index contributed by atoms with van der Waals surface area (Å²) in [5.41, 5.74) is 0.690. The number of aliphatic imine (C=N–C) groups is 1. The third-order valence-electron chi connectivity index (χ3n) is 5.31. The van der Waals surface area contributed by atoms with Crippen molar-refractivity contribution in [3.63, 3.8) is 0 Å². The number of nitrogens with zero attached hydrogens (tertiary/aromatic N) is 2. The van der Waals surface area contributed by atoms with E-state index >= 15 is 0 Å². The zero-order valence-corrected chi connectivity index (χ0v) is 20.2. The molecule has 31 heavy (non-hydrogen) atoms. The van der Waals surface area contributed by atoms with Gasteiger partial charge in [-0.25, -0.2) is 0 Å². The summed E-state index contributed by atoms with van der Waals surface area (Å²) in [6, 6.07) is 7.09. The van der Waals surface area contributed by atoms with Crippen molar-refractivity contribution in [3.05, 3.63) is 24.3 Å². The number of hydrogen-bond acceptors (Lipinski definition) is 5. The van der Waals surface area contributed by atoms with Crippen LogP contribution in [-0.4, -0.2) is 71.7 Å². The highest BCUT2D eigenvalue weighted by molar-refractivity contribution is 14.0. The lowest BCUT2D eigenvalue weighted by Crippen LogP contribution is -2.45. The summed E-state index contributed by atoms with van der Waals surface area (Å²) in [6.45, 7) is 2.52. The van der Waals surface area contributed by atoms with Gasteiger partial charge in [0.05, 0.1) is 18.9 Å². The summed E-state index contributed by atoms with van der Waals surface area (Å²) < 4.78 is 41.1. The first-order chi connectivity index (χ1) is 14.7. The van der Waals surface area contributed by atoms with Crippen LogP contribution in [0.1, 0.15) is 19.3 Å². The minimum Gasteiger partial charge on any atom is -0.433 e. The molecule has 2 saturated heterocycles. The summed E-state index contributed by atoms with van der Waals surface area (Å²) in [6.07, 6.45) is 2.87. The smallest absolute Gasteiger partial charge is 0.387 e. The zero-order valence-electron chi connectivity index (χ0n) is 17.9. The molecule has 176 valence electrons. The Kier molecular flexibility index (Phi) is 11.6. The summed E-state index contributed by atoms with van der Waals surface area (Å²) in [5, 5.41) is 6.72. The van der Waals surface area contributed by atoms with Crippen molar-refractivity contribution in [3.8, 4) is 5.75 Å². The number of hydrogen-bond donors (Lipinski definition) is 2. The van der Waals surface area contributed by atoms with Gasteiger partial charge in [0, 0.05) is 51.9 Å². The Morgan fingerprint density at radius 1 is 1.32 bits per heavy atom. The van der Waals surface area contributed by atoms with Gasteiger partial charge in [-0.2, -0.15) is 8.78 Å². The van der Waals surface area contributed by atoms with Crippen molar-refractivity contribution < 1.29 is 23.0 Å². The molecule has 0 amide bonds. The molecule has 2 fully saturated rings. The predicted octanol–water partition coefficient (Wildman–Crippen LogP) is 3.09. The highest BCUT2D eigenvalue weighted by Gasteiger charge is 2.26. The number of anilines is 1. The summed E-state index contributed by atoms with van der Waals surface area (Å²) >= 11 is 0. The summed E-state index contributed by atoms with van der Waals surface area (Å²) in [7, 11) is 1.74. The van der Waals surface area contributed by atoms with E-state index in [4.69, 9.17) is 9.47 Å². The number of para-hydroxylation sites is 2. The second kappa shape index (κ2) is 13.9. The summed E-state index contributed by atoms with van der Waals surface area (Å²) in [5.74, 6) is 1.48. The first kappa shape index (κ1) is 25.9. The van der Waals surface area contributed by atoms with Crippen LogP contribution in [0.25, 0.3) is 0 Å². The summed E-state index contributed by atoms with van der Waals surface area (Å²) in [4.78, 5) is 6.34. The highest BCUT2D eigenvalue weighted by Crippen LogP contribution is 2.31. The molecule has 2 N–H and O–H groups in total. The minimum atomic E-state index is -2.83. The maximum Gasteiger partial charge on any atom is 0.387 e. The van der Waals surface area contributed by atoms with Crippen LogP contribution >= 0.6 is 24.0 Å². The Balaban J connectivity index is 0.00000341. The number of ether oxygens (including phenoxy) is 3. The van der Waals surface area contributed by atoms with Crippen LogP contribution in [0.3, 0.4) is 0 Å². The third-order valence-corrected chi connectivity index (χ3v) is 5.31. The van der Waals surface area contributed by atoms with E-state index in [2.05, 4.69) is 25.3 Å². The second-order valence-electron chi connectivity index (χ2n) is 7.58. The third kappa shape index (κ3) is 8.57. The lowest BCUT2D eigenvalue weighted by Gasteiger charge is -2.22. The van der Waals surface area contributed by atoms with Crippen molar-refractivity contribution in [2.45, 2.75) is 31.9 Å².